The summed E-state index contributed by atoms with van der Waals surface area (Å²) in [6, 6.07) is 4.01. The molecule has 0 aliphatic carbocycles. The highest BCUT2D eigenvalue weighted by Gasteiger charge is 2.34. The average molecular weight is 248 g/mol. The monoisotopic (exact) mass is 248 g/mol. The Morgan fingerprint density at radius 1 is 1.50 bits per heavy atom. The van der Waals surface area contributed by atoms with Crippen LogP contribution in [0.25, 0.3) is 0 Å². The summed E-state index contributed by atoms with van der Waals surface area (Å²) in [6.45, 7) is 5.08. The molecule has 0 radical (unpaired) electrons. The first-order valence-corrected chi connectivity index (χ1v) is 6.35. The van der Waals surface area contributed by atoms with E-state index in [9.17, 15) is 4.79 Å². The zero-order valence-corrected chi connectivity index (χ0v) is 11.0. The lowest BCUT2D eigenvalue weighted by Gasteiger charge is -2.22. The molecule has 0 aromatic carbocycles. The van der Waals surface area contributed by atoms with Crippen LogP contribution in [0.5, 0.6) is 0 Å². The van der Waals surface area contributed by atoms with Gasteiger partial charge in [0.15, 0.2) is 0 Å². The highest BCUT2D eigenvalue weighted by atomic mass is 16.2. The van der Waals surface area contributed by atoms with Crippen LogP contribution in [0.2, 0.25) is 0 Å². The standard InChI is InChI=1S/C13H20N4O/c1-3-13(4-2,11-14)12(18)15-7-5-9-17-10-6-8-16-17/h6,8,10H,3-5,7,9H2,1-2H3,(H,15,18). The predicted molar refractivity (Wildman–Crippen MR) is 68.5 cm³/mol. The minimum atomic E-state index is -0.869. The maximum atomic E-state index is 12.0. The number of aryl methyl sites for hydroxylation is 1. The Bertz CT molecular complexity index is 401. The lowest BCUT2D eigenvalue weighted by Crippen LogP contribution is -2.40. The van der Waals surface area contributed by atoms with E-state index in [2.05, 4.69) is 16.5 Å². The summed E-state index contributed by atoms with van der Waals surface area (Å²) >= 11 is 0. The van der Waals surface area contributed by atoms with Gasteiger partial charge in [-0.15, -0.1) is 0 Å². The molecule has 0 fully saturated rings. The fourth-order valence-corrected chi connectivity index (χ4v) is 1.82. The Balaban J connectivity index is 2.34. The summed E-state index contributed by atoms with van der Waals surface area (Å²) in [5, 5.41) is 16.0. The Kier molecular flexibility index (Phi) is 5.37. The molecule has 0 aliphatic heterocycles. The first-order valence-electron chi connectivity index (χ1n) is 6.35. The minimum Gasteiger partial charge on any atom is -0.355 e. The molecule has 1 rings (SSSR count). The van der Waals surface area contributed by atoms with Crippen LogP contribution in [0.1, 0.15) is 33.1 Å². The summed E-state index contributed by atoms with van der Waals surface area (Å²) in [6.07, 6.45) is 5.52. The molecule has 1 aromatic rings. The van der Waals surface area contributed by atoms with Crippen LogP contribution < -0.4 is 5.32 Å². The van der Waals surface area contributed by atoms with Crippen LogP contribution in [-0.2, 0) is 11.3 Å². The Morgan fingerprint density at radius 3 is 2.72 bits per heavy atom. The van der Waals surface area contributed by atoms with Gasteiger partial charge in [-0.05, 0) is 25.3 Å². The Labute approximate surface area is 108 Å². The first kappa shape index (κ1) is 14.2. The summed E-state index contributed by atoms with van der Waals surface area (Å²) in [5.41, 5.74) is -0.869. The van der Waals surface area contributed by atoms with Crippen molar-refractivity contribution in [2.75, 3.05) is 6.54 Å². The third kappa shape index (κ3) is 3.33. The molecule has 0 saturated heterocycles. The fourth-order valence-electron chi connectivity index (χ4n) is 1.82. The molecule has 5 nitrogen and oxygen atoms in total. The van der Waals surface area contributed by atoms with Gasteiger partial charge < -0.3 is 5.32 Å². The lowest BCUT2D eigenvalue weighted by molar-refractivity contribution is -0.128. The second-order valence-corrected chi connectivity index (χ2v) is 4.28. The molecular formula is C13H20N4O. The van der Waals surface area contributed by atoms with Gasteiger partial charge in [0.25, 0.3) is 0 Å². The topological polar surface area (TPSA) is 70.7 Å². The molecule has 1 heterocycles. The number of hydrogen-bond acceptors (Lipinski definition) is 3. The third-order valence-corrected chi connectivity index (χ3v) is 3.26. The second-order valence-electron chi connectivity index (χ2n) is 4.28. The van der Waals surface area contributed by atoms with Crippen molar-refractivity contribution in [1.29, 1.82) is 5.26 Å². The maximum absolute atomic E-state index is 12.0. The van der Waals surface area contributed by atoms with Crippen LogP contribution in [0, 0.1) is 16.7 Å². The van der Waals surface area contributed by atoms with Gasteiger partial charge in [0.1, 0.15) is 5.41 Å². The van der Waals surface area contributed by atoms with E-state index in [-0.39, 0.29) is 5.91 Å². The van der Waals surface area contributed by atoms with Crippen molar-refractivity contribution >= 4 is 5.91 Å². The quantitative estimate of drug-likeness (QED) is 0.747. The van der Waals surface area contributed by atoms with Gasteiger partial charge in [-0.1, -0.05) is 13.8 Å². The number of aromatic nitrogens is 2. The minimum absolute atomic E-state index is 0.157. The first-order chi connectivity index (χ1) is 8.68. The van der Waals surface area contributed by atoms with Crippen LogP contribution in [0.15, 0.2) is 18.5 Å². The summed E-state index contributed by atoms with van der Waals surface area (Å²) < 4.78 is 1.82. The molecule has 0 unspecified atom stereocenters. The molecular weight excluding hydrogens is 228 g/mol. The second kappa shape index (κ2) is 6.80. The molecule has 0 saturated carbocycles. The van der Waals surface area contributed by atoms with E-state index < -0.39 is 5.41 Å². The van der Waals surface area contributed by atoms with Crippen molar-refractivity contribution in [3.05, 3.63) is 18.5 Å². The molecule has 5 heteroatoms. The van der Waals surface area contributed by atoms with Gasteiger partial charge in [0, 0.05) is 25.5 Å². The molecule has 0 bridgehead atoms. The van der Waals surface area contributed by atoms with Crippen LogP contribution in [-0.4, -0.2) is 22.2 Å². The largest absolute Gasteiger partial charge is 0.355 e. The van der Waals surface area contributed by atoms with Crippen molar-refractivity contribution in [2.45, 2.75) is 39.7 Å². The van der Waals surface area contributed by atoms with Gasteiger partial charge in [-0.25, -0.2) is 0 Å². The van der Waals surface area contributed by atoms with Gasteiger partial charge >= 0.3 is 0 Å². The van der Waals surface area contributed by atoms with E-state index in [1.807, 2.05) is 30.8 Å². The molecule has 18 heavy (non-hydrogen) atoms. The summed E-state index contributed by atoms with van der Waals surface area (Å²) in [7, 11) is 0. The zero-order chi connectivity index (χ0) is 13.4. The predicted octanol–water partition coefficient (Wildman–Crippen LogP) is 1.72. The van der Waals surface area contributed by atoms with Crippen molar-refractivity contribution in [2.24, 2.45) is 5.41 Å². The van der Waals surface area contributed by atoms with E-state index in [1.165, 1.54) is 0 Å². The van der Waals surface area contributed by atoms with Crippen molar-refractivity contribution < 1.29 is 4.79 Å². The van der Waals surface area contributed by atoms with E-state index >= 15 is 0 Å². The smallest absolute Gasteiger partial charge is 0.240 e. The van der Waals surface area contributed by atoms with Crippen molar-refractivity contribution in [3.63, 3.8) is 0 Å². The molecule has 0 atom stereocenters. The summed E-state index contributed by atoms with van der Waals surface area (Å²) in [5.74, 6) is -0.157. The highest BCUT2D eigenvalue weighted by Crippen LogP contribution is 2.25. The third-order valence-electron chi connectivity index (χ3n) is 3.26. The number of carbonyl (C=O) groups excluding carboxylic acids is 1. The van der Waals surface area contributed by atoms with E-state index in [1.54, 1.807) is 6.20 Å². The van der Waals surface area contributed by atoms with Crippen molar-refractivity contribution in [3.8, 4) is 6.07 Å². The maximum Gasteiger partial charge on any atom is 0.240 e. The molecule has 1 amide bonds. The summed E-state index contributed by atoms with van der Waals surface area (Å²) in [4.78, 5) is 12.0. The van der Waals surface area contributed by atoms with Crippen molar-refractivity contribution in [1.82, 2.24) is 15.1 Å². The van der Waals surface area contributed by atoms with Crippen LogP contribution >= 0.6 is 0 Å². The van der Waals surface area contributed by atoms with Crippen LogP contribution in [0.4, 0.5) is 0 Å². The SMILES string of the molecule is CCC(C#N)(CC)C(=O)NCCCn1cccn1. The lowest BCUT2D eigenvalue weighted by atomic mass is 9.83. The molecule has 98 valence electrons. The number of nitrogens with zero attached hydrogens (tertiary/aromatic N) is 3. The highest BCUT2D eigenvalue weighted by molar-refractivity contribution is 5.85. The average Bonchev–Trinajstić information content (AvgIpc) is 2.90. The number of nitrogens with one attached hydrogen (secondary N) is 1. The van der Waals surface area contributed by atoms with Gasteiger partial charge in [-0.3, -0.25) is 9.48 Å². The number of nitriles is 1. The van der Waals surface area contributed by atoms with E-state index in [0.29, 0.717) is 19.4 Å². The Morgan fingerprint density at radius 2 is 2.22 bits per heavy atom. The molecule has 0 spiro atoms. The van der Waals surface area contributed by atoms with Gasteiger partial charge in [0.2, 0.25) is 5.91 Å². The van der Waals surface area contributed by atoms with E-state index in [0.717, 1.165) is 13.0 Å². The van der Waals surface area contributed by atoms with Gasteiger partial charge in [0.05, 0.1) is 6.07 Å². The van der Waals surface area contributed by atoms with Crippen LogP contribution in [0.3, 0.4) is 0 Å². The molecule has 1 aromatic heterocycles. The van der Waals surface area contributed by atoms with Gasteiger partial charge in [-0.2, -0.15) is 10.4 Å². The number of rotatable bonds is 7. The Hall–Kier alpha value is -1.83. The van der Waals surface area contributed by atoms with E-state index in [4.69, 9.17) is 5.26 Å². The molecule has 0 aliphatic rings. The zero-order valence-electron chi connectivity index (χ0n) is 11.0. The number of carbonyl (C=O) groups is 1. The number of amides is 1. The fraction of sp³-hybridized carbons (Fsp3) is 0.615. The normalized spacial score (nSPS) is 10.9. The number of hydrogen-bond donors (Lipinski definition) is 1. The molecule has 1 N–H and O–H groups in total.